The number of hydrogen-bond donors (Lipinski definition) is 1. The molecule has 3 heterocycles. The Bertz CT molecular complexity index is 788. The average Bonchev–Trinajstić information content (AvgIpc) is 3.42. The van der Waals surface area contributed by atoms with Crippen LogP contribution in [-0.4, -0.2) is 57.5 Å². The van der Waals surface area contributed by atoms with Crippen molar-refractivity contribution in [3.8, 4) is 11.5 Å². The molecule has 3 aliphatic heterocycles. The van der Waals surface area contributed by atoms with Crippen LogP contribution >= 0.6 is 24.0 Å². The molecule has 0 bridgehead atoms. The first-order valence-electron chi connectivity index (χ1n) is 11.7. The van der Waals surface area contributed by atoms with E-state index in [-0.39, 0.29) is 29.4 Å². The van der Waals surface area contributed by atoms with E-state index in [1.165, 1.54) is 44.1 Å². The number of fused-ring (bicyclic) bond motifs is 1. The summed E-state index contributed by atoms with van der Waals surface area (Å²) in [7, 11) is 1.92. The SMILES string of the molecule is CN=C(NCC1(c2ccc3c(c2)OCO3)CCOCC1)N1CCC2(CCCCC2)C1.I. The zero-order valence-corrected chi connectivity index (χ0v) is 21.0. The Hall–Kier alpha value is -1.22. The molecule has 5 rings (SSSR count). The molecule has 1 spiro atoms. The summed E-state index contributed by atoms with van der Waals surface area (Å²) in [6.45, 7) is 5.05. The molecular formula is C24H36IN3O3. The van der Waals surface area contributed by atoms with Gasteiger partial charge in [0.15, 0.2) is 17.5 Å². The van der Waals surface area contributed by atoms with Gasteiger partial charge < -0.3 is 24.4 Å². The summed E-state index contributed by atoms with van der Waals surface area (Å²) in [6.07, 6.45) is 10.3. The van der Waals surface area contributed by atoms with Gasteiger partial charge in [-0.1, -0.05) is 25.3 Å². The maximum atomic E-state index is 5.72. The number of nitrogens with zero attached hydrogens (tertiary/aromatic N) is 2. The number of halogens is 1. The number of benzene rings is 1. The van der Waals surface area contributed by atoms with Crippen molar-refractivity contribution in [2.24, 2.45) is 10.4 Å². The van der Waals surface area contributed by atoms with Crippen LogP contribution in [0.3, 0.4) is 0 Å². The first-order valence-corrected chi connectivity index (χ1v) is 11.7. The smallest absolute Gasteiger partial charge is 0.231 e. The van der Waals surface area contributed by atoms with Gasteiger partial charge >= 0.3 is 0 Å². The van der Waals surface area contributed by atoms with E-state index < -0.39 is 0 Å². The summed E-state index contributed by atoms with van der Waals surface area (Å²) in [4.78, 5) is 7.17. The first kappa shape index (κ1) is 23.0. The van der Waals surface area contributed by atoms with Crippen molar-refractivity contribution in [2.45, 2.75) is 56.8 Å². The third-order valence-electron chi connectivity index (χ3n) is 7.88. The number of guanidine groups is 1. The summed E-state index contributed by atoms with van der Waals surface area (Å²) in [5, 5.41) is 3.76. The van der Waals surface area contributed by atoms with Gasteiger partial charge in [-0.25, -0.2) is 0 Å². The summed E-state index contributed by atoms with van der Waals surface area (Å²) in [5.74, 6) is 2.77. The lowest BCUT2D eigenvalue weighted by Gasteiger charge is -2.39. The lowest BCUT2D eigenvalue weighted by atomic mass is 9.73. The van der Waals surface area contributed by atoms with Gasteiger partial charge in [0.25, 0.3) is 0 Å². The summed E-state index contributed by atoms with van der Waals surface area (Å²) >= 11 is 0. The molecule has 172 valence electrons. The van der Waals surface area contributed by atoms with E-state index in [4.69, 9.17) is 14.2 Å². The number of likely N-dealkylation sites (tertiary alicyclic amines) is 1. The topological polar surface area (TPSA) is 55.3 Å². The summed E-state index contributed by atoms with van der Waals surface area (Å²) in [5.41, 5.74) is 1.87. The number of nitrogens with one attached hydrogen (secondary N) is 1. The molecule has 0 aromatic heterocycles. The second-order valence-corrected chi connectivity index (χ2v) is 9.59. The molecule has 1 aliphatic carbocycles. The Morgan fingerprint density at radius 1 is 1.03 bits per heavy atom. The second kappa shape index (κ2) is 9.73. The van der Waals surface area contributed by atoms with E-state index in [0.29, 0.717) is 12.2 Å². The Morgan fingerprint density at radius 3 is 2.58 bits per heavy atom. The van der Waals surface area contributed by atoms with Crippen LogP contribution < -0.4 is 14.8 Å². The molecule has 0 unspecified atom stereocenters. The van der Waals surface area contributed by atoms with Gasteiger partial charge in [0.1, 0.15) is 0 Å². The number of rotatable bonds is 3. The highest BCUT2D eigenvalue weighted by atomic mass is 127. The van der Waals surface area contributed by atoms with Crippen LogP contribution in [0, 0.1) is 5.41 Å². The van der Waals surface area contributed by atoms with Crippen molar-refractivity contribution in [3.05, 3.63) is 23.8 Å². The molecule has 31 heavy (non-hydrogen) atoms. The van der Waals surface area contributed by atoms with Gasteiger partial charge in [-0.2, -0.15) is 0 Å². The van der Waals surface area contributed by atoms with Gasteiger partial charge in [0.05, 0.1) is 0 Å². The standard InChI is InChI=1S/C24H35N3O3.HI/c1-25-22(27-12-9-23(17-27)7-3-2-4-8-23)26-16-24(10-13-28-14-11-24)19-5-6-20-21(15-19)30-18-29-20;/h5-6,15H,2-4,7-14,16-18H2,1H3,(H,25,26);1H. The highest BCUT2D eigenvalue weighted by molar-refractivity contribution is 14.0. The van der Waals surface area contributed by atoms with Crippen LogP contribution in [0.25, 0.3) is 0 Å². The lowest BCUT2D eigenvalue weighted by Crippen LogP contribution is -2.49. The minimum Gasteiger partial charge on any atom is -0.454 e. The Kier molecular flexibility index (Phi) is 7.20. The van der Waals surface area contributed by atoms with Gasteiger partial charge in [-0.05, 0) is 55.2 Å². The fraction of sp³-hybridized carbons (Fsp3) is 0.708. The quantitative estimate of drug-likeness (QED) is 0.351. The van der Waals surface area contributed by atoms with Gasteiger partial charge in [0.2, 0.25) is 6.79 Å². The predicted octanol–water partition coefficient (Wildman–Crippen LogP) is 4.31. The van der Waals surface area contributed by atoms with Gasteiger partial charge in [0, 0.05) is 45.3 Å². The van der Waals surface area contributed by atoms with Crippen molar-refractivity contribution in [1.82, 2.24) is 10.2 Å². The first-order chi connectivity index (χ1) is 14.7. The molecule has 7 heteroatoms. The van der Waals surface area contributed by atoms with Crippen LogP contribution in [0.5, 0.6) is 11.5 Å². The molecule has 1 saturated carbocycles. The Morgan fingerprint density at radius 2 is 1.81 bits per heavy atom. The molecule has 0 amide bonds. The fourth-order valence-corrected chi connectivity index (χ4v) is 5.96. The third-order valence-corrected chi connectivity index (χ3v) is 7.88. The van der Waals surface area contributed by atoms with Crippen LogP contribution in [0.15, 0.2) is 23.2 Å². The van der Waals surface area contributed by atoms with E-state index in [0.717, 1.165) is 63.1 Å². The van der Waals surface area contributed by atoms with Crippen molar-refractivity contribution in [2.75, 3.05) is 46.7 Å². The molecule has 2 saturated heterocycles. The molecule has 1 aromatic rings. The van der Waals surface area contributed by atoms with E-state index >= 15 is 0 Å². The van der Waals surface area contributed by atoms with Crippen molar-refractivity contribution < 1.29 is 14.2 Å². The maximum absolute atomic E-state index is 5.72. The molecule has 3 fully saturated rings. The molecule has 0 radical (unpaired) electrons. The monoisotopic (exact) mass is 541 g/mol. The van der Waals surface area contributed by atoms with Gasteiger partial charge in [-0.3, -0.25) is 4.99 Å². The van der Waals surface area contributed by atoms with Crippen LogP contribution in [0.1, 0.15) is 56.9 Å². The number of aliphatic imine (C=N–C) groups is 1. The van der Waals surface area contributed by atoms with Crippen molar-refractivity contribution >= 4 is 29.9 Å². The number of ether oxygens (including phenoxy) is 3. The molecule has 1 N–H and O–H groups in total. The third kappa shape index (κ3) is 4.63. The Balaban J connectivity index is 0.00000231. The van der Waals surface area contributed by atoms with E-state index in [1.807, 2.05) is 7.05 Å². The van der Waals surface area contributed by atoms with Crippen LogP contribution in [0.4, 0.5) is 0 Å². The highest BCUT2D eigenvalue weighted by Gasteiger charge is 2.41. The minimum atomic E-state index is 0. The Labute approximate surface area is 203 Å². The molecule has 6 nitrogen and oxygen atoms in total. The zero-order chi connectivity index (χ0) is 20.4. The fourth-order valence-electron chi connectivity index (χ4n) is 5.96. The number of hydrogen-bond acceptors (Lipinski definition) is 4. The zero-order valence-electron chi connectivity index (χ0n) is 18.7. The lowest BCUT2D eigenvalue weighted by molar-refractivity contribution is 0.0511. The van der Waals surface area contributed by atoms with E-state index in [2.05, 4.69) is 33.4 Å². The summed E-state index contributed by atoms with van der Waals surface area (Å²) in [6, 6.07) is 6.43. The minimum absolute atomic E-state index is 0. The van der Waals surface area contributed by atoms with Crippen molar-refractivity contribution in [3.63, 3.8) is 0 Å². The molecular weight excluding hydrogens is 505 g/mol. The predicted molar refractivity (Wildman–Crippen MR) is 133 cm³/mol. The molecule has 4 aliphatic rings. The van der Waals surface area contributed by atoms with Crippen LogP contribution in [-0.2, 0) is 10.2 Å². The molecule has 1 aromatic carbocycles. The average molecular weight is 541 g/mol. The summed E-state index contributed by atoms with van der Waals surface area (Å²) < 4.78 is 16.9. The normalized spacial score (nSPS) is 24.2. The largest absolute Gasteiger partial charge is 0.454 e. The highest BCUT2D eigenvalue weighted by Crippen LogP contribution is 2.44. The van der Waals surface area contributed by atoms with E-state index in [1.54, 1.807) is 0 Å². The van der Waals surface area contributed by atoms with Crippen LogP contribution in [0.2, 0.25) is 0 Å². The maximum Gasteiger partial charge on any atom is 0.231 e. The van der Waals surface area contributed by atoms with E-state index in [9.17, 15) is 0 Å². The van der Waals surface area contributed by atoms with Gasteiger partial charge in [-0.15, -0.1) is 24.0 Å². The second-order valence-electron chi connectivity index (χ2n) is 9.59. The molecule has 0 atom stereocenters. The van der Waals surface area contributed by atoms with Crippen molar-refractivity contribution in [1.29, 1.82) is 0 Å².